The first kappa shape index (κ1) is 15.1. The average Bonchev–Trinajstić information content (AvgIpc) is 2.58. The molecule has 0 N–H and O–H groups in total. The summed E-state index contributed by atoms with van der Waals surface area (Å²) in [6.07, 6.45) is 4.18. The Hall–Kier alpha value is -1.78. The third kappa shape index (κ3) is 3.90. The van der Waals surface area contributed by atoms with E-state index in [-0.39, 0.29) is 0 Å². The minimum atomic E-state index is 0.815. The molecule has 1 aromatic heterocycles. The second-order valence-electron chi connectivity index (χ2n) is 5.73. The minimum absolute atomic E-state index is 0.815. The highest BCUT2D eigenvalue weighted by Gasteiger charge is 2.10. The summed E-state index contributed by atoms with van der Waals surface area (Å²) in [4.78, 5) is 11.7. The average molecular weight is 297 g/mol. The second-order valence-corrected chi connectivity index (χ2v) is 5.73. The first-order chi connectivity index (χ1) is 10.8. The summed E-state index contributed by atoms with van der Waals surface area (Å²) in [6.45, 7) is 7.06. The molecule has 1 aliphatic rings. The van der Waals surface area contributed by atoms with Crippen molar-refractivity contribution < 1.29 is 4.74 Å². The highest BCUT2D eigenvalue weighted by Crippen LogP contribution is 2.16. The summed E-state index contributed by atoms with van der Waals surface area (Å²) in [5.41, 5.74) is 3.43. The van der Waals surface area contributed by atoms with Gasteiger partial charge in [0.05, 0.1) is 13.2 Å². The van der Waals surface area contributed by atoms with Gasteiger partial charge in [0, 0.05) is 30.5 Å². The van der Waals surface area contributed by atoms with Crippen LogP contribution in [0.4, 0.5) is 0 Å². The quantitative estimate of drug-likeness (QED) is 0.850. The van der Waals surface area contributed by atoms with E-state index in [0.29, 0.717) is 0 Å². The molecule has 4 nitrogen and oxygen atoms in total. The fraction of sp³-hybridized carbons (Fsp3) is 0.444. The Bertz CT molecular complexity index is 595. The molecule has 0 bridgehead atoms. The molecule has 22 heavy (non-hydrogen) atoms. The summed E-state index contributed by atoms with van der Waals surface area (Å²) in [5, 5.41) is 0. The predicted octanol–water partition coefficient (Wildman–Crippen LogP) is 2.72. The molecule has 3 rings (SSSR count). The molecule has 0 aliphatic carbocycles. The largest absolute Gasteiger partial charge is 0.379 e. The van der Waals surface area contributed by atoms with Crippen LogP contribution in [0.1, 0.15) is 17.7 Å². The molecule has 1 aliphatic heterocycles. The van der Waals surface area contributed by atoms with Crippen LogP contribution in [0.5, 0.6) is 0 Å². The number of aryl methyl sites for hydroxylation is 2. The molecule has 4 heteroatoms. The van der Waals surface area contributed by atoms with E-state index in [1.807, 2.05) is 36.5 Å². The van der Waals surface area contributed by atoms with Gasteiger partial charge in [-0.05, 0) is 31.9 Å². The van der Waals surface area contributed by atoms with E-state index in [0.717, 1.165) is 62.8 Å². The second kappa shape index (κ2) is 7.47. The van der Waals surface area contributed by atoms with Crippen molar-refractivity contribution in [3.05, 3.63) is 47.8 Å². The van der Waals surface area contributed by atoms with Crippen molar-refractivity contribution >= 4 is 0 Å². The van der Waals surface area contributed by atoms with Crippen molar-refractivity contribution in [2.75, 3.05) is 32.8 Å². The third-order valence-electron chi connectivity index (χ3n) is 4.14. The fourth-order valence-corrected chi connectivity index (χ4v) is 2.78. The molecule has 1 fully saturated rings. The monoisotopic (exact) mass is 297 g/mol. The van der Waals surface area contributed by atoms with Crippen LogP contribution in [0, 0.1) is 6.92 Å². The van der Waals surface area contributed by atoms with Crippen LogP contribution in [0.2, 0.25) is 0 Å². The molecule has 0 amide bonds. The Morgan fingerprint density at radius 1 is 1.14 bits per heavy atom. The summed E-state index contributed by atoms with van der Waals surface area (Å²) in [6, 6.07) is 10.1. The Labute approximate surface area is 132 Å². The van der Waals surface area contributed by atoms with Crippen molar-refractivity contribution in [1.82, 2.24) is 14.9 Å². The maximum absolute atomic E-state index is 5.38. The van der Waals surface area contributed by atoms with Crippen molar-refractivity contribution in [3.63, 3.8) is 0 Å². The van der Waals surface area contributed by atoms with Gasteiger partial charge in [-0.25, -0.2) is 9.97 Å². The standard InChI is InChI=1S/C18H23N3O/c1-15-17(8-5-9-21-10-12-22-13-11-21)14-19-18(20-15)16-6-3-2-4-7-16/h2-4,6-7,14H,5,8-13H2,1H3. The zero-order valence-corrected chi connectivity index (χ0v) is 13.2. The SMILES string of the molecule is Cc1nc(-c2ccccc2)ncc1CCCN1CCOCC1. The van der Waals surface area contributed by atoms with Gasteiger partial charge in [-0.1, -0.05) is 30.3 Å². The number of aromatic nitrogens is 2. The molecular weight excluding hydrogens is 274 g/mol. The number of nitrogens with zero attached hydrogens (tertiary/aromatic N) is 3. The number of hydrogen-bond donors (Lipinski definition) is 0. The lowest BCUT2D eigenvalue weighted by molar-refractivity contribution is 0.0374. The number of ether oxygens (including phenoxy) is 1. The smallest absolute Gasteiger partial charge is 0.159 e. The molecule has 0 spiro atoms. The van der Waals surface area contributed by atoms with Crippen LogP contribution in [0.25, 0.3) is 11.4 Å². The Morgan fingerprint density at radius 2 is 1.91 bits per heavy atom. The van der Waals surface area contributed by atoms with Gasteiger partial charge in [0.1, 0.15) is 0 Å². The predicted molar refractivity (Wildman–Crippen MR) is 87.8 cm³/mol. The van der Waals surface area contributed by atoms with Crippen LogP contribution >= 0.6 is 0 Å². The van der Waals surface area contributed by atoms with Gasteiger partial charge in [-0.3, -0.25) is 4.90 Å². The van der Waals surface area contributed by atoms with Crippen molar-refractivity contribution in [2.24, 2.45) is 0 Å². The maximum atomic E-state index is 5.38. The maximum Gasteiger partial charge on any atom is 0.159 e. The van der Waals surface area contributed by atoms with E-state index in [2.05, 4.69) is 21.8 Å². The minimum Gasteiger partial charge on any atom is -0.379 e. The molecular formula is C18H23N3O. The molecule has 0 radical (unpaired) electrons. The van der Waals surface area contributed by atoms with Crippen LogP contribution < -0.4 is 0 Å². The zero-order chi connectivity index (χ0) is 15.2. The van der Waals surface area contributed by atoms with Gasteiger partial charge in [0.25, 0.3) is 0 Å². The van der Waals surface area contributed by atoms with Gasteiger partial charge in [0.15, 0.2) is 5.82 Å². The molecule has 2 aromatic rings. The number of hydrogen-bond acceptors (Lipinski definition) is 4. The van der Waals surface area contributed by atoms with E-state index in [9.17, 15) is 0 Å². The molecule has 0 atom stereocenters. The summed E-state index contributed by atoms with van der Waals surface area (Å²) >= 11 is 0. The normalized spacial score (nSPS) is 15.9. The van der Waals surface area contributed by atoms with E-state index >= 15 is 0 Å². The lowest BCUT2D eigenvalue weighted by Crippen LogP contribution is -2.36. The highest BCUT2D eigenvalue weighted by molar-refractivity contribution is 5.54. The summed E-state index contributed by atoms with van der Waals surface area (Å²) in [5.74, 6) is 0.815. The van der Waals surface area contributed by atoms with Crippen molar-refractivity contribution in [2.45, 2.75) is 19.8 Å². The molecule has 0 saturated carbocycles. The number of rotatable bonds is 5. The Kier molecular flexibility index (Phi) is 5.14. The topological polar surface area (TPSA) is 38.2 Å². The highest BCUT2D eigenvalue weighted by atomic mass is 16.5. The molecule has 2 heterocycles. The first-order valence-electron chi connectivity index (χ1n) is 8.01. The van der Waals surface area contributed by atoms with Gasteiger partial charge in [-0.15, -0.1) is 0 Å². The fourth-order valence-electron chi connectivity index (χ4n) is 2.78. The van der Waals surface area contributed by atoms with Crippen LogP contribution in [-0.2, 0) is 11.2 Å². The van der Waals surface area contributed by atoms with Crippen LogP contribution in [0.15, 0.2) is 36.5 Å². The number of morpholine rings is 1. The van der Waals surface area contributed by atoms with Gasteiger partial charge in [-0.2, -0.15) is 0 Å². The summed E-state index contributed by atoms with van der Waals surface area (Å²) < 4.78 is 5.38. The molecule has 1 saturated heterocycles. The first-order valence-corrected chi connectivity index (χ1v) is 8.01. The van der Waals surface area contributed by atoms with E-state index in [4.69, 9.17) is 4.74 Å². The van der Waals surface area contributed by atoms with Gasteiger partial charge in [0.2, 0.25) is 0 Å². The lowest BCUT2D eigenvalue weighted by atomic mass is 10.1. The summed E-state index contributed by atoms with van der Waals surface area (Å²) in [7, 11) is 0. The molecule has 0 unspecified atom stereocenters. The Morgan fingerprint density at radius 3 is 2.64 bits per heavy atom. The van der Waals surface area contributed by atoms with Crippen molar-refractivity contribution in [1.29, 1.82) is 0 Å². The molecule has 116 valence electrons. The van der Waals surface area contributed by atoms with Gasteiger partial charge < -0.3 is 4.74 Å². The van der Waals surface area contributed by atoms with Crippen LogP contribution in [0.3, 0.4) is 0 Å². The lowest BCUT2D eigenvalue weighted by Gasteiger charge is -2.26. The van der Waals surface area contributed by atoms with E-state index in [1.54, 1.807) is 0 Å². The zero-order valence-electron chi connectivity index (χ0n) is 13.2. The van der Waals surface area contributed by atoms with E-state index in [1.165, 1.54) is 5.56 Å². The number of benzene rings is 1. The molecule has 1 aromatic carbocycles. The Balaban J connectivity index is 1.58. The van der Waals surface area contributed by atoms with Crippen LogP contribution in [-0.4, -0.2) is 47.7 Å². The van der Waals surface area contributed by atoms with Crippen molar-refractivity contribution in [3.8, 4) is 11.4 Å². The van der Waals surface area contributed by atoms with E-state index < -0.39 is 0 Å². The van der Waals surface area contributed by atoms with Gasteiger partial charge >= 0.3 is 0 Å². The third-order valence-corrected chi connectivity index (χ3v) is 4.14.